The fourth-order valence-electron chi connectivity index (χ4n) is 2.62. The first-order chi connectivity index (χ1) is 14.0. The van der Waals surface area contributed by atoms with Gasteiger partial charge in [-0.15, -0.1) is 0 Å². The molecule has 0 aliphatic heterocycles. The van der Waals surface area contributed by atoms with Crippen LogP contribution in [0.5, 0.6) is 5.75 Å². The molecule has 6 heteroatoms. The summed E-state index contributed by atoms with van der Waals surface area (Å²) in [5, 5.41) is 8.30. The number of ether oxygens (including phenoxy) is 1. The molecule has 3 amide bonds. The number of carbonyl (C=O) groups is 2. The Bertz CT molecular complexity index is 972. The smallest absolute Gasteiger partial charge is 0.323 e. The van der Waals surface area contributed by atoms with Crippen LogP contribution < -0.4 is 20.7 Å². The normalized spacial score (nSPS) is 11.2. The van der Waals surface area contributed by atoms with Gasteiger partial charge in [0.25, 0.3) is 5.91 Å². The summed E-state index contributed by atoms with van der Waals surface area (Å²) in [7, 11) is 0. The van der Waals surface area contributed by atoms with Crippen LogP contribution in [0.25, 0.3) is 0 Å². The number of urea groups is 1. The Morgan fingerprint density at radius 3 is 2.00 bits per heavy atom. The van der Waals surface area contributed by atoms with Gasteiger partial charge >= 0.3 is 6.03 Å². The first-order valence-electron chi connectivity index (χ1n) is 9.27. The van der Waals surface area contributed by atoms with Crippen LogP contribution >= 0.6 is 0 Å². The van der Waals surface area contributed by atoms with Crippen molar-refractivity contribution in [1.29, 1.82) is 0 Å². The third-order valence-corrected chi connectivity index (χ3v) is 4.17. The Morgan fingerprint density at radius 2 is 1.34 bits per heavy atom. The van der Waals surface area contributed by atoms with E-state index in [-0.39, 0.29) is 5.91 Å². The maximum atomic E-state index is 12.5. The van der Waals surface area contributed by atoms with Crippen molar-refractivity contribution in [3.63, 3.8) is 0 Å². The third-order valence-electron chi connectivity index (χ3n) is 4.17. The second-order valence-electron chi connectivity index (χ2n) is 6.55. The molecule has 0 heterocycles. The average molecular weight is 389 g/mol. The van der Waals surface area contributed by atoms with Crippen LogP contribution in [0, 0.1) is 6.92 Å². The molecule has 6 nitrogen and oxygen atoms in total. The number of hydrogen-bond donors (Lipinski definition) is 3. The van der Waals surface area contributed by atoms with Gasteiger partial charge in [-0.3, -0.25) is 4.79 Å². The zero-order valence-electron chi connectivity index (χ0n) is 16.3. The molecule has 29 heavy (non-hydrogen) atoms. The van der Waals surface area contributed by atoms with E-state index in [2.05, 4.69) is 16.0 Å². The van der Waals surface area contributed by atoms with E-state index in [1.807, 2.05) is 49.4 Å². The zero-order chi connectivity index (χ0) is 20.6. The largest absolute Gasteiger partial charge is 0.481 e. The van der Waals surface area contributed by atoms with E-state index < -0.39 is 12.1 Å². The molecule has 0 fully saturated rings. The molecular formula is C23H23N3O3. The predicted octanol–water partition coefficient (Wildman–Crippen LogP) is 5.05. The summed E-state index contributed by atoms with van der Waals surface area (Å²) in [6, 6.07) is 23.2. The Hall–Kier alpha value is -3.80. The van der Waals surface area contributed by atoms with Crippen molar-refractivity contribution in [2.24, 2.45) is 0 Å². The van der Waals surface area contributed by atoms with Crippen molar-refractivity contribution in [3.8, 4) is 5.75 Å². The van der Waals surface area contributed by atoms with Crippen molar-refractivity contribution >= 4 is 29.0 Å². The number of para-hydroxylation sites is 3. The van der Waals surface area contributed by atoms with Crippen molar-refractivity contribution in [1.82, 2.24) is 0 Å². The Morgan fingerprint density at radius 1 is 0.759 bits per heavy atom. The number of aryl methyl sites for hydroxylation is 1. The Balaban J connectivity index is 1.62. The van der Waals surface area contributed by atoms with E-state index in [0.717, 1.165) is 5.56 Å². The van der Waals surface area contributed by atoms with Crippen LogP contribution in [0.15, 0.2) is 78.9 Å². The molecule has 0 spiro atoms. The fourth-order valence-corrected chi connectivity index (χ4v) is 2.62. The van der Waals surface area contributed by atoms with Crippen LogP contribution in [-0.4, -0.2) is 18.0 Å². The molecule has 3 aromatic carbocycles. The van der Waals surface area contributed by atoms with Gasteiger partial charge in [0.15, 0.2) is 6.10 Å². The van der Waals surface area contributed by atoms with E-state index in [9.17, 15) is 9.59 Å². The standard InChI is InChI=1S/C23H23N3O3/c1-16-12-14-19(15-13-16)29-17(2)22(27)25-20-10-6-7-11-21(20)26-23(28)24-18-8-4-3-5-9-18/h3-15,17H,1-2H3,(H,25,27)(H2,24,26,28). The molecule has 0 bridgehead atoms. The van der Waals surface area contributed by atoms with Crippen molar-refractivity contribution in [3.05, 3.63) is 84.4 Å². The minimum Gasteiger partial charge on any atom is -0.481 e. The fraction of sp³-hybridized carbons (Fsp3) is 0.130. The Labute approximate surface area is 169 Å². The maximum Gasteiger partial charge on any atom is 0.323 e. The number of anilines is 3. The molecule has 0 radical (unpaired) electrons. The van der Waals surface area contributed by atoms with Gasteiger partial charge in [-0.1, -0.05) is 48.0 Å². The molecule has 0 aliphatic carbocycles. The molecule has 0 saturated carbocycles. The van der Waals surface area contributed by atoms with E-state index in [4.69, 9.17) is 4.74 Å². The van der Waals surface area contributed by atoms with E-state index >= 15 is 0 Å². The summed E-state index contributed by atoms with van der Waals surface area (Å²) < 4.78 is 5.69. The summed E-state index contributed by atoms with van der Waals surface area (Å²) in [5.41, 5.74) is 2.76. The summed E-state index contributed by atoms with van der Waals surface area (Å²) >= 11 is 0. The Kier molecular flexibility index (Phi) is 6.47. The molecule has 0 aromatic heterocycles. The quantitative estimate of drug-likeness (QED) is 0.552. The summed E-state index contributed by atoms with van der Waals surface area (Å²) in [6.07, 6.45) is -0.705. The van der Waals surface area contributed by atoms with E-state index in [1.165, 1.54) is 0 Å². The van der Waals surface area contributed by atoms with Crippen LogP contribution in [-0.2, 0) is 4.79 Å². The number of amides is 3. The maximum absolute atomic E-state index is 12.5. The van der Waals surface area contributed by atoms with Gasteiger partial charge in [0.1, 0.15) is 5.75 Å². The third kappa shape index (κ3) is 5.84. The molecule has 0 aliphatic rings. The molecule has 3 N–H and O–H groups in total. The van der Waals surface area contributed by atoms with Gasteiger partial charge < -0.3 is 20.7 Å². The van der Waals surface area contributed by atoms with Gasteiger partial charge in [0.05, 0.1) is 11.4 Å². The second-order valence-corrected chi connectivity index (χ2v) is 6.55. The number of nitrogens with one attached hydrogen (secondary N) is 3. The van der Waals surface area contributed by atoms with Crippen molar-refractivity contribution < 1.29 is 14.3 Å². The lowest BCUT2D eigenvalue weighted by Crippen LogP contribution is -2.30. The van der Waals surface area contributed by atoms with Gasteiger partial charge in [-0.25, -0.2) is 4.79 Å². The molecule has 148 valence electrons. The van der Waals surface area contributed by atoms with Crippen LogP contribution in [0.1, 0.15) is 12.5 Å². The second kappa shape index (κ2) is 9.41. The van der Waals surface area contributed by atoms with Gasteiger partial charge in [0.2, 0.25) is 0 Å². The molecule has 3 rings (SSSR count). The lowest BCUT2D eigenvalue weighted by atomic mass is 10.2. The van der Waals surface area contributed by atoms with E-state index in [0.29, 0.717) is 22.8 Å². The summed E-state index contributed by atoms with van der Waals surface area (Å²) in [5.74, 6) is 0.301. The first kappa shape index (κ1) is 19.9. The van der Waals surface area contributed by atoms with Crippen LogP contribution in [0.4, 0.5) is 21.9 Å². The van der Waals surface area contributed by atoms with Crippen molar-refractivity contribution in [2.75, 3.05) is 16.0 Å². The SMILES string of the molecule is Cc1ccc(OC(C)C(=O)Nc2ccccc2NC(=O)Nc2ccccc2)cc1. The molecule has 1 unspecified atom stereocenters. The van der Waals surface area contributed by atoms with Gasteiger partial charge in [-0.2, -0.15) is 0 Å². The molecule has 1 atom stereocenters. The number of hydrogen-bond acceptors (Lipinski definition) is 3. The minimum atomic E-state index is -0.705. The first-order valence-corrected chi connectivity index (χ1v) is 9.27. The summed E-state index contributed by atoms with van der Waals surface area (Å²) in [4.78, 5) is 24.8. The number of rotatable bonds is 6. The monoisotopic (exact) mass is 389 g/mol. The molecule has 3 aromatic rings. The highest BCUT2D eigenvalue weighted by Crippen LogP contribution is 2.22. The van der Waals surface area contributed by atoms with Crippen molar-refractivity contribution in [2.45, 2.75) is 20.0 Å². The number of benzene rings is 3. The molecule has 0 saturated heterocycles. The predicted molar refractivity (Wildman–Crippen MR) is 115 cm³/mol. The average Bonchev–Trinajstić information content (AvgIpc) is 2.72. The van der Waals surface area contributed by atoms with Gasteiger partial charge in [0, 0.05) is 5.69 Å². The van der Waals surface area contributed by atoms with Crippen LogP contribution in [0.3, 0.4) is 0 Å². The number of carbonyl (C=O) groups excluding carboxylic acids is 2. The zero-order valence-corrected chi connectivity index (χ0v) is 16.3. The lowest BCUT2D eigenvalue weighted by Gasteiger charge is -2.17. The summed E-state index contributed by atoms with van der Waals surface area (Å²) in [6.45, 7) is 3.66. The highest BCUT2D eigenvalue weighted by Gasteiger charge is 2.17. The highest BCUT2D eigenvalue weighted by atomic mass is 16.5. The molecular weight excluding hydrogens is 366 g/mol. The van der Waals surface area contributed by atoms with E-state index in [1.54, 1.807) is 43.3 Å². The lowest BCUT2D eigenvalue weighted by molar-refractivity contribution is -0.122. The minimum absolute atomic E-state index is 0.316. The topological polar surface area (TPSA) is 79.5 Å². The van der Waals surface area contributed by atoms with Crippen LogP contribution in [0.2, 0.25) is 0 Å². The highest BCUT2D eigenvalue weighted by molar-refractivity contribution is 6.04. The van der Waals surface area contributed by atoms with Gasteiger partial charge in [-0.05, 0) is 50.2 Å².